The first kappa shape index (κ1) is 12.2. The van der Waals surface area contributed by atoms with Crippen molar-refractivity contribution in [3.8, 4) is 5.75 Å². The van der Waals surface area contributed by atoms with Gasteiger partial charge in [-0.05, 0) is 0 Å². The van der Waals surface area contributed by atoms with Crippen molar-refractivity contribution in [1.29, 1.82) is 0 Å². The zero-order chi connectivity index (χ0) is 12.9. The molecular formula is C9H4F6OP+. The molecule has 0 N–H and O–H groups in total. The van der Waals surface area contributed by atoms with Crippen LogP contribution in [0.5, 0.6) is 5.75 Å². The first-order valence-corrected chi connectivity index (χ1v) is 6.15. The zero-order valence-electron chi connectivity index (χ0n) is 8.20. The highest BCUT2D eigenvalue weighted by molar-refractivity contribution is 7.69. The molecule has 0 aliphatic carbocycles. The van der Waals surface area contributed by atoms with E-state index >= 15 is 0 Å². The van der Waals surface area contributed by atoms with Crippen molar-refractivity contribution >= 4 is 13.0 Å². The molecule has 0 bridgehead atoms. The topological polar surface area (TPSA) is 9.23 Å². The number of ether oxygens (including phenoxy) is 1. The van der Waals surface area contributed by atoms with Gasteiger partial charge in [-0.2, -0.15) is 13.2 Å². The molecule has 0 spiro atoms. The molecule has 17 heavy (non-hydrogen) atoms. The average Bonchev–Trinajstić information content (AvgIpc) is 2.87. The number of halogens is 6. The maximum atomic E-state index is 13.1. The first-order chi connectivity index (χ1) is 7.86. The maximum absolute atomic E-state index is 13.1. The lowest BCUT2D eigenvalue weighted by molar-refractivity contribution is 0.343. The second-order valence-electron chi connectivity index (χ2n) is 3.29. The molecule has 1 aromatic carbocycles. The summed E-state index contributed by atoms with van der Waals surface area (Å²) < 4.78 is 81.4. The van der Waals surface area contributed by atoms with Gasteiger partial charge in [0.05, 0.1) is 0 Å². The van der Waals surface area contributed by atoms with Crippen molar-refractivity contribution < 1.29 is 31.1 Å². The molecule has 2 unspecified atom stereocenters. The third kappa shape index (κ3) is 1.78. The van der Waals surface area contributed by atoms with Gasteiger partial charge in [0.1, 0.15) is 6.66 Å². The van der Waals surface area contributed by atoms with Crippen LogP contribution in [0.25, 0.3) is 0 Å². The number of benzene rings is 1. The number of alkyl halides is 1. The molecule has 1 heterocycles. The maximum Gasteiger partial charge on any atom is 0.359 e. The monoisotopic (exact) mass is 273 g/mol. The predicted molar refractivity (Wildman–Crippen MR) is 49.6 cm³/mol. The summed E-state index contributed by atoms with van der Waals surface area (Å²) in [4.78, 5) is 0. The van der Waals surface area contributed by atoms with E-state index in [1.54, 1.807) is 0 Å². The number of hydrogen-bond donors (Lipinski definition) is 0. The Morgan fingerprint density at radius 1 is 0.882 bits per heavy atom. The van der Waals surface area contributed by atoms with Crippen molar-refractivity contribution in [2.24, 2.45) is 0 Å². The number of hydrogen-bond acceptors (Lipinski definition) is 1. The minimum atomic E-state index is -2.27. The van der Waals surface area contributed by atoms with Gasteiger partial charge >= 0.3 is 11.4 Å². The smallest absolute Gasteiger partial charge is 0.359 e. The SMILES string of the molecule is C[P+]1=C(Oc2c(F)c(F)c(F)c(F)c2F)C1F. The lowest BCUT2D eigenvalue weighted by Gasteiger charge is -2.05. The van der Waals surface area contributed by atoms with Crippen LogP contribution in [0.4, 0.5) is 26.3 Å². The molecule has 1 aliphatic rings. The fourth-order valence-electron chi connectivity index (χ4n) is 1.13. The fraction of sp³-hybridized carbons (Fsp3) is 0.222. The van der Waals surface area contributed by atoms with Gasteiger partial charge in [0.2, 0.25) is 34.8 Å². The Labute approximate surface area is 92.4 Å². The van der Waals surface area contributed by atoms with Crippen molar-refractivity contribution in [2.45, 2.75) is 5.91 Å². The van der Waals surface area contributed by atoms with Crippen molar-refractivity contribution in [1.82, 2.24) is 0 Å². The van der Waals surface area contributed by atoms with Crippen molar-refractivity contribution in [3.63, 3.8) is 0 Å². The van der Waals surface area contributed by atoms with Gasteiger partial charge in [0, 0.05) is 0 Å². The van der Waals surface area contributed by atoms with Crippen LogP contribution in [-0.4, -0.2) is 18.1 Å². The minimum Gasteiger partial charge on any atom is -0.413 e. The van der Waals surface area contributed by atoms with Crippen molar-refractivity contribution in [3.05, 3.63) is 29.1 Å². The Kier molecular flexibility index (Phi) is 2.81. The van der Waals surface area contributed by atoms with Gasteiger partial charge in [0.15, 0.2) is 7.55 Å². The molecule has 0 aromatic heterocycles. The van der Waals surface area contributed by atoms with Crippen LogP contribution in [0.3, 0.4) is 0 Å². The van der Waals surface area contributed by atoms with Crippen LogP contribution < -0.4 is 4.74 Å². The molecule has 0 fully saturated rings. The van der Waals surface area contributed by atoms with E-state index in [1.165, 1.54) is 6.66 Å². The van der Waals surface area contributed by atoms with Crippen molar-refractivity contribution in [2.75, 3.05) is 6.66 Å². The number of rotatable bonds is 2. The lowest BCUT2D eigenvalue weighted by atomic mass is 10.2. The standard InChI is InChI=1S/C9H4F6OP/c1-17-8(15)9(17)16-7-5(13)3(11)2(10)4(12)6(7)14/h8H,1H3/q+1. The molecule has 8 heteroatoms. The van der Waals surface area contributed by atoms with E-state index in [2.05, 4.69) is 4.74 Å². The van der Waals surface area contributed by atoms with Crippen LogP contribution in [0.15, 0.2) is 0 Å². The molecule has 2 atom stereocenters. The van der Waals surface area contributed by atoms with Gasteiger partial charge < -0.3 is 4.74 Å². The van der Waals surface area contributed by atoms with E-state index in [1.807, 2.05) is 0 Å². The average molecular weight is 273 g/mol. The zero-order valence-corrected chi connectivity index (χ0v) is 9.10. The largest absolute Gasteiger partial charge is 0.413 e. The van der Waals surface area contributed by atoms with E-state index < -0.39 is 48.3 Å². The molecule has 1 aromatic rings. The highest BCUT2D eigenvalue weighted by Crippen LogP contribution is 2.47. The van der Waals surface area contributed by atoms with Crippen LogP contribution >= 0.6 is 7.55 Å². The second-order valence-corrected chi connectivity index (χ2v) is 5.40. The Hall–Kier alpha value is -1.23. The summed E-state index contributed by atoms with van der Waals surface area (Å²) in [6.45, 7) is 1.42. The molecule has 0 amide bonds. The Morgan fingerprint density at radius 3 is 1.59 bits per heavy atom. The van der Waals surface area contributed by atoms with E-state index in [4.69, 9.17) is 0 Å². The predicted octanol–water partition coefficient (Wildman–Crippen LogP) is 3.31. The van der Waals surface area contributed by atoms with E-state index in [0.717, 1.165) is 0 Å². The van der Waals surface area contributed by atoms with Crippen LogP contribution in [-0.2, 0) is 0 Å². The Balaban J connectivity index is 2.48. The Morgan fingerprint density at radius 2 is 1.24 bits per heavy atom. The highest BCUT2D eigenvalue weighted by Gasteiger charge is 2.53. The van der Waals surface area contributed by atoms with Crippen LogP contribution in [0.2, 0.25) is 0 Å². The van der Waals surface area contributed by atoms with E-state index in [-0.39, 0.29) is 5.48 Å². The third-order valence-electron chi connectivity index (χ3n) is 2.20. The normalized spacial score (nSPS) is 20.8. The van der Waals surface area contributed by atoms with Gasteiger partial charge in [-0.25, -0.2) is 13.2 Å². The van der Waals surface area contributed by atoms with Crippen LogP contribution in [0, 0.1) is 29.1 Å². The van der Waals surface area contributed by atoms with E-state index in [9.17, 15) is 26.3 Å². The summed E-state index contributed by atoms with van der Waals surface area (Å²) in [5.74, 6) is -13.6. The van der Waals surface area contributed by atoms with Gasteiger partial charge in [-0.1, -0.05) is 0 Å². The van der Waals surface area contributed by atoms with Gasteiger partial charge in [-0.15, -0.1) is 0 Å². The highest BCUT2D eigenvalue weighted by atomic mass is 31.1. The first-order valence-electron chi connectivity index (χ1n) is 4.29. The molecule has 2 rings (SSSR count). The molecule has 1 aliphatic heterocycles. The van der Waals surface area contributed by atoms with Gasteiger partial charge in [0.25, 0.3) is 0 Å². The molecule has 92 valence electrons. The molecule has 1 nitrogen and oxygen atoms in total. The lowest BCUT2D eigenvalue weighted by Crippen LogP contribution is -2.09. The molecule has 0 saturated heterocycles. The summed E-state index contributed by atoms with van der Waals surface area (Å²) in [6.07, 6.45) is 0. The molecule has 0 radical (unpaired) electrons. The third-order valence-corrected chi connectivity index (χ3v) is 3.85. The summed E-state index contributed by atoms with van der Waals surface area (Å²) in [7, 11) is -1.31. The summed E-state index contributed by atoms with van der Waals surface area (Å²) in [5, 5.41) is 0. The second kappa shape index (κ2) is 3.91. The minimum absolute atomic E-state index is 0.289. The summed E-state index contributed by atoms with van der Waals surface area (Å²) in [6, 6.07) is 0. The molecule has 0 saturated carbocycles. The van der Waals surface area contributed by atoms with Crippen LogP contribution in [0.1, 0.15) is 0 Å². The summed E-state index contributed by atoms with van der Waals surface area (Å²) in [5.41, 5.74) is -0.289. The fourth-order valence-corrected chi connectivity index (χ4v) is 2.23. The van der Waals surface area contributed by atoms with E-state index in [0.29, 0.717) is 0 Å². The molecular weight excluding hydrogens is 269 g/mol. The summed E-state index contributed by atoms with van der Waals surface area (Å²) >= 11 is 0. The Bertz CT molecular complexity index is 512. The van der Waals surface area contributed by atoms with Gasteiger partial charge in [-0.3, -0.25) is 0 Å². The quantitative estimate of drug-likeness (QED) is 0.347.